The molecule has 0 fully saturated rings. The lowest BCUT2D eigenvalue weighted by molar-refractivity contribution is 0.589. The summed E-state index contributed by atoms with van der Waals surface area (Å²) in [5.41, 5.74) is 1.13. The number of nitrogens with zero attached hydrogens (tertiary/aromatic N) is 2. The van der Waals surface area contributed by atoms with Crippen LogP contribution in [0.3, 0.4) is 0 Å². The molecule has 0 saturated carbocycles. The average molecular weight is 211 g/mol. The molecule has 0 radical (unpaired) electrons. The van der Waals surface area contributed by atoms with Gasteiger partial charge in [-0.05, 0) is 19.1 Å². The number of rotatable bonds is 1. The van der Waals surface area contributed by atoms with Crippen molar-refractivity contribution in [3.8, 4) is 0 Å². The summed E-state index contributed by atoms with van der Waals surface area (Å²) < 4.78 is 23.5. The molecule has 0 aliphatic rings. The van der Waals surface area contributed by atoms with Gasteiger partial charge in [-0.2, -0.15) is 8.42 Å². The fourth-order valence-electron chi connectivity index (χ4n) is 1.45. The van der Waals surface area contributed by atoms with Gasteiger partial charge >= 0.3 is 10.2 Å². The minimum Gasteiger partial charge on any atom is -0.232 e. The van der Waals surface area contributed by atoms with Crippen LogP contribution in [-0.2, 0) is 10.2 Å². The SMILES string of the molecule is Cc1nc2ccccc2n1S(N)(=O)=O. The van der Waals surface area contributed by atoms with Crippen LogP contribution in [0.4, 0.5) is 0 Å². The maximum absolute atomic E-state index is 11.2. The summed E-state index contributed by atoms with van der Waals surface area (Å²) in [5.74, 6) is 0.369. The predicted molar refractivity (Wildman–Crippen MR) is 53.0 cm³/mol. The molecule has 1 heterocycles. The van der Waals surface area contributed by atoms with Crippen LogP contribution in [0.5, 0.6) is 0 Å². The lowest BCUT2D eigenvalue weighted by Gasteiger charge is -2.01. The Morgan fingerprint density at radius 3 is 2.64 bits per heavy atom. The lowest BCUT2D eigenvalue weighted by atomic mass is 10.3. The Kier molecular flexibility index (Phi) is 1.83. The van der Waals surface area contributed by atoms with Crippen molar-refractivity contribution in [1.29, 1.82) is 0 Å². The van der Waals surface area contributed by atoms with E-state index in [1.165, 1.54) is 0 Å². The first-order valence-electron chi connectivity index (χ1n) is 3.97. The average Bonchev–Trinajstić information content (AvgIpc) is 2.38. The highest BCUT2D eigenvalue weighted by Crippen LogP contribution is 2.15. The number of fused-ring (bicyclic) bond motifs is 1. The van der Waals surface area contributed by atoms with Gasteiger partial charge in [0.15, 0.2) is 0 Å². The van der Waals surface area contributed by atoms with Gasteiger partial charge in [-0.3, -0.25) is 0 Å². The number of benzene rings is 1. The van der Waals surface area contributed by atoms with Crippen molar-refractivity contribution in [2.24, 2.45) is 5.14 Å². The maximum atomic E-state index is 11.2. The molecule has 14 heavy (non-hydrogen) atoms. The van der Waals surface area contributed by atoms with Gasteiger partial charge in [0, 0.05) is 0 Å². The number of aryl methyl sites for hydroxylation is 1. The molecule has 1 aromatic carbocycles. The predicted octanol–water partition coefficient (Wildman–Crippen LogP) is 0.396. The van der Waals surface area contributed by atoms with E-state index in [9.17, 15) is 8.42 Å². The van der Waals surface area contributed by atoms with Gasteiger partial charge in [0.2, 0.25) is 0 Å². The third-order valence-electron chi connectivity index (χ3n) is 1.93. The molecule has 2 N–H and O–H groups in total. The number of aromatic nitrogens is 2. The van der Waals surface area contributed by atoms with E-state index in [4.69, 9.17) is 5.14 Å². The third kappa shape index (κ3) is 1.28. The molecule has 0 unspecified atom stereocenters. The number of hydrogen-bond donors (Lipinski definition) is 1. The molecular weight excluding hydrogens is 202 g/mol. The van der Waals surface area contributed by atoms with Crippen molar-refractivity contribution in [2.75, 3.05) is 0 Å². The number of para-hydroxylation sites is 2. The van der Waals surface area contributed by atoms with E-state index < -0.39 is 10.2 Å². The second-order valence-electron chi connectivity index (χ2n) is 2.96. The second-order valence-corrected chi connectivity index (χ2v) is 4.35. The Labute approximate surface area is 81.4 Å². The van der Waals surface area contributed by atoms with Gasteiger partial charge < -0.3 is 0 Å². The zero-order chi connectivity index (χ0) is 10.3. The molecule has 0 saturated heterocycles. The summed E-state index contributed by atoms with van der Waals surface area (Å²) in [7, 11) is -3.76. The summed E-state index contributed by atoms with van der Waals surface area (Å²) in [4.78, 5) is 4.08. The van der Waals surface area contributed by atoms with Gasteiger partial charge in [-0.1, -0.05) is 12.1 Å². The van der Waals surface area contributed by atoms with Gasteiger partial charge in [-0.15, -0.1) is 0 Å². The largest absolute Gasteiger partial charge is 0.304 e. The van der Waals surface area contributed by atoms with E-state index in [-0.39, 0.29) is 0 Å². The first-order chi connectivity index (χ1) is 6.50. The van der Waals surface area contributed by atoms with E-state index in [2.05, 4.69) is 4.98 Å². The van der Waals surface area contributed by atoms with Gasteiger partial charge in [0.05, 0.1) is 11.0 Å². The number of nitrogens with two attached hydrogens (primary N) is 1. The van der Waals surface area contributed by atoms with Crippen molar-refractivity contribution in [3.05, 3.63) is 30.1 Å². The molecular formula is C8H9N3O2S. The van der Waals surface area contributed by atoms with Gasteiger partial charge in [0.1, 0.15) is 5.82 Å². The van der Waals surface area contributed by atoms with Gasteiger partial charge in [-0.25, -0.2) is 14.1 Å². The minimum absolute atomic E-state index is 0.369. The van der Waals surface area contributed by atoms with Crippen LogP contribution in [0.1, 0.15) is 5.82 Å². The van der Waals surface area contributed by atoms with Crippen LogP contribution >= 0.6 is 0 Å². The Bertz CT molecular complexity index is 586. The number of imidazole rings is 1. The molecule has 0 amide bonds. The number of hydrogen-bond acceptors (Lipinski definition) is 3. The molecule has 0 aliphatic carbocycles. The Morgan fingerprint density at radius 1 is 1.36 bits per heavy atom. The Balaban J connectivity index is 2.95. The van der Waals surface area contributed by atoms with Crippen molar-refractivity contribution in [2.45, 2.75) is 6.92 Å². The highest BCUT2D eigenvalue weighted by atomic mass is 32.2. The molecule has 2 rings (SSSR count). The Hall–Kier alpha value is -1.40. The monoisotopic (exact) mass is 211 g/mol. The first-order valence-corrected chi connectivity index (χ1v) is 5.48. The van der Waals surface area contributed by atoms with E-state index in [1.807, 2.05) is 0 Å². The van der Waals surface area contributed by atoms with Crippen LogP contribution < -0.4 is 5.14 Å². The van der Waals surface area contributed by atoms with E-state index in [0.29, 0.717) is 16.9 Å². The summed E-state index contributed by atoms with van der Waals surface area (Å²) >= 11 is 0. The van der Waals surface area contributed by atoms with E-state index >= 15 is 0 Å². The molecule has 0 spiro atoms. The van der Waals surface area contributed by atoms with Crippen molar-refractivity contribution in [3.63, 3.8) is 0 Å². The van der Waals surface area contributed by atoms with Crippen LogP contribution in [0.2, 0.25) is 0 Å². The van der Waals surface area contributed by atoms with Crippen molar-refractivity contribution >= 4 is 21.2 Å². The smallest absolute Gasteiger partial charge is 0.232 e. The first kappa shape index (κ1) is 9.17. The highest BCUT2D eigenvalue weighted by molar-refractivity contribution is 7.87. The molecule has 5 nitrogen and oxygen atoms in total. The Morgan fingerprint density at radius 2 is 2.00 bits per heavy atom. The summed E-state index contributed by atoms with van der Waals surface area (Å²) in [6.07, 6.45) is 0. The molecule has 1 aromatic heterocycles. The maximum Gasteiger partial charge on any atom is 0.304 e. The van der Waals surface area contributed by atoms with Crippen LogP contribution in [0.15, 0.2) is 24.3 Å². The topological polar surface area (TPSA) is 78.0 Å². The lowest BCUT2D eigenvalue weighted by Crippen LogP contribution is -2.22. The normalized spacial score (nSPS) is 12.1. The van der Waals surface area contributed by atoms with E-state index in [1.54, 1.807) is 31.2 Å². The molecule has 2 aromatic rings. The van der Waals surface area contributed by atoms with E-state index in [0.717, 1.165) is 3.97 Å². The van der Waals surface area contributed by atoms with Crippen LogP contribution in [0.25, 0.3) is 11.0 Å². The van der Waals surface area contributed by atoms with Crippen molar-refractivity contribution < 1.29 is 8.42 Å². The molecule has 0 atom stereocenters. The molecule has 74 valence electrons. The second kappa shape index (κ2) is 2.79. The molecule has 6 heteroatoms. The fourth-order valence-corrected chi connectivity index (χ4v) is 2.28. The summed E-state index contributed by atoms with van der Waals surface area (Å²) in [6, 6.07) is 6.94. The van der Waals surface area contributed by atoms with Crippen LogP contribution in [0, 0.1) is 6.92 Å². The fraction of sp³-hybridized carbons (Fsp3) is 0.125. The van der Waals surface area contributed by atoms with Gasteiger partial charge in [0.25, 0.3) is 0 Å². The zero-order valence-corrected chi connectivity index (χ0v) is 8.32. The molecule has 0 bridgehead atoms. The van der Waals surface area contributed by atoms with Crippen molar-refractivity contribution in [1.82, 2.24) is 8.96 Å². The molecule has 0 aliphatic heterocycles. The zero-order valence-electron chi connectivity index (χ0n) is 7.51. The van der Waals surface area contributed by atoms with Crippen LogP contribution in [-0.4, -0.2) is 17.4 Å². The quantitative estimate of drug-likeness (QED) is 0.741. The standard InChI is InChI=1S/C8H9N3O2S/c1-6-10-7-4-2-3-5-8(7)11(6)14(9,12)13/h2-5H,1H3,(H2,9,12,13). The summed E-state index contributed by atoms with van der Waals surface area (Å²) in [5, 5.41) is 5.06. The minimum atomic E-state index is -3.76. The highest BCUT2D eigenvalue weighted by Gasteiger charge is 2.14. The summed E-state index contributed by atoms with van der Waals surface area (Å²) in [6.45, 7) is 1.60. The third-order valence-corrected chi connectivity index (χ3v) is 2.90.